The van der Waals surface area contributed by atoms with Crippen molar-refractivity contribution in [1.82, 2.24) is 14.4 Å². The van der Waals surface area contributed by atoms with E-state index >= 15 is 0 Å². The second-order valence-corrected chi connectivity index (χ2v) is 12.8. The predicted molar refractivity (Wildman–Crippen MR) is 187 cm³/mol. The molecule has 8 nitrogen and oxygen atoms in total. The summed E-state index contributed by atoms with van der Waals surface area (Å²) < 4.78 is 3.00. The molecule has 1 N–H and O–H groups in total. The predicted octanol–water partition coefficient (Wildman–Crippen LogP) is 7.49. The minimum atomic E-state index is -0.899. The van der Waals surface area contributed by atoms with E-state index < -0.39 is 5.41 Å². The van der Waals surface area contributed by atoms with Gasteiger partial charge in [0.25, 0.3) is 17.4 Å². The van der Waals surface area contributed by atoms with Gasteiger partial charge in [-0.25, -0.2) is 19.4 Å². The Morgan fingerprint density at radius 3 is 1.83 bits per heavy atom. The maximum atomic E-state index is 14.0. The molecule has 0 aliphatic carbocycles. The molecule has 5 rings (SSSR count). The molecule has 0 bridgehead atoms. The van der Waals surface area contributed by atoms with Crippen molar-refractivity contribution in [2.24, 2.45) is 5.92 Å². The summed E-state index contributed by atoms with van der Waals surface area (Å²) in [4.78, 5) is 41.7. The van der Waals surface area contributed by atoms with Crippen LogP contribution in [0.15, 0.2) is 120 Å². The number of amides is 2. The fourth-order valence-corrected chi connectivity index (χ4v) is 6.14. The molecule has 0 saturated carbocycles. The van der Waals surface area contributed by atoms with Crippen molar-refractivity contribution in [3.05, 3.63) is 131 Å². The smallest absolute Gasteiger partial charge is 0.282 e. The third-order valence-corrected chi connectivity index (χ3v) is 8.64. The van der Waals surface area contributed by atoms with E-state index in [-0.39, 0.29) is 46.3 Å². The average molecular weight is 633 g/mol. The van der Waals surface area contributed by atoms with Gasteiger partial charge in [-0.15, -0.1) is 0 Å². The number of benzene rings is 3. The highest BCUT2D eigenvalue weighted by molar-refractivity contribution is 6.29. The summed E-state index contributed by atoms with van der Waals surface area (Å²) in [5.74, 6) is -1.14. The molecule has 8 heteroatoms. The lowest BCUT2D eigenvalue weighted by atomic mass is 9.84. The average Bonchev–Trinajstić information content (AvgIpc) is 3.49. The minimum absolute atomic E-state index is 0.121. The Balaban J connectivity index is 1.48. The van der Waals surface area contributed by atoms with Gasteiger partial charge in [-0.1, -0.05) is 120 Å². The molecule has 47 heavy (non-hydrogen) atoms. The summed E-state index contributed by atoms with van der Waals surface area (Å²) in [6.45, 7) is 9.77. The normalized spacial score (nSPS) is 16.1. The Hall–Kier alpha value is -5.11. The largest absolute Gasteiger partial charge is 0.493 e. The molecule has 0 spiro atoms. The molecule has 1 aliphatic heterocycles. The van der Waals surface area contributed by atoms with Crippen molar-refractivity contribution >= 4 is 17.5 Å². The molecular formula is C39H44N4O4. The minimum Gasteiger partial charge on any atom is -0.493 e. The number of unbranched alkanes of at least 4 members (excludes halogenated alkanes) is 2. The van der Waals surface area contributed by atoms with Crippen LogP contribution in [-0.2, 0) is 15.0 Å². The van der Waals surface area contributed by atoms with Crippen LogP contribution >= 0.6 is 0 Å². The summed E-state index contributed by atoms with van der Waals surface area (Å²) >= 11 is 0. The maximum absolute atomic E-state index is 14.0. The molecule has 2 atom stereocenters. The van der Waals surface area contributed by atoms with Crippen LogP contribution in [0.3, 0.4) is 0 Å². The fraction of sp³-hybridized carbons (Fsp3) is 0.308. The van der Waals surface area contributed by atoms with E-state index in [0.29, 0.717) is 17.1 Å². The molecule has 2 heterocycles. The third-order valence-electron chi connectivity index (χ3n) is 8.64. The zero-order chi connectivity index (χ0) is 33.7. The van der Waals surface area contributed by atoms with Crippen LogP contribution in [0.2, 0.25) is 0 Å². The number of carbonyl (C=O) groups excluding carboxylic acids is 2. The van der Waals surface area contributed by atoms with Crippen molar-refractivity contribution in [3.8, 4) is 17.3 Å². The topological polar surface area (TPSA) is 87.8 Å². The van der Waals surface area contributed by atoms with E-state index in [1.807, 2.05) is 131 Å². The molecule has 1 aliphatic rings. The Labute approximate surface area is 276 Å². The van der Waals surface area contributed by atoms with Crippen LogP contribution in [0.4, 0.5) is 5.69 Å². The first-order valence-electron chi connectivity index (χ1n) is 16.4. The lowest BCUT2D eigenvalue weighted by Gasteiger charge is -2.32. The third kappa shape index (κ3) is 6.73. The van der Waals surface area contributed by atoms with E-state index in [2.05, 4.69) is 6.92 Å². The quantitative estimate of drug-likeness (QED) is 0.0759. The van der Waals surface area contributed by atoms with Crippen molar-refractivity contribution < 1.29 is 14.7 Å². The molecule has 2 unspecified atom stereocenters. The van der Waals surface area contributed by atoms with Crippen molar-refractivity contribution in [2.75, 3.05) is 5.01 Å². The Bertz CT molecular complexity index is 1820. The summed E-state index contributed by atoms with van der Waals surface area (Å²) in [6, 6.07) is 27.6. The van der Waals surface area contributed by atoms with Crippen LogP contribution in [0.25, 0.3) is 11.4 Å². The van der Waals surface area contributed by atoms with Crippen LogP contribution in [0, 0.1) is 5.92 Å². The van der Waals surface area contributed by atoms with Gasteiger partial charge in [-0.2, -0.15) is 0 Å². The molecule has 244 valence electrons. The van der Waals surface area contributed by atoms with Gasteiger partial charge in [-0.3, -0.25) is 14.4 Å². The highest BCUT2D eigenvalue weighted by Gasteiger charge is 2.44. The number of aromatic hydroxyl groups is 1. The first-order chi connectivity index (χ1) is 22.6. The second kappa shape index (κ2) is 14.1. The number of hydrogen-bond acceptors (Lipinski definition) is 4. The molecule has 2 amide bonds. The van der Waals surface area contributed by atoms with Gasteiger partial charge >= 0.3 is 0 Å². The summed E-state index contributed by atoms with van der Waals surface area (Å²) in [5, 5.41) is 14.7. The van der Waals surface area contributed by atoms with Gasteiger partial charge in [0, 0.05) is 5.41 Å². The zero-order valence-corrected chi connectivity index (χ0v) is 27.8. The van der Waals surface area contributed by atoms with Gasteiger partial charge in [0.05, 0.1) is 28.7 Å². The summed E-state index contributed by atoms with van der Waals surface area (Å²) in [7, 11) is 0. The highest BCUT2D eigenvalue weighted by atomic mass is 16.3. The van der Waals surface area contributed by atoms with E-state index in [1.165, 1.54) is 14.4 Å². The molecule has 0 radical (unpaired) electrons. The van der Waals surface area contributed by atoms with Gasteiger partial charge in [-0.05, 0) is 55.7 Å². The number of nitrogens with zero attached hydrogens (tertiary/aromatic N) is 4. The SMILES string of the molecule is CCCCCC(C)N1C(=O)C(=CC(C)C=CC(C)(C)c2c(O)n(-c3ccccc3)n(-c3ccccc3)c2=O)C(=O)N1c1ccccc1. The number of allylic oxidation sites excluding steroid dienone is 3. The Morgan fingerprint density at radius 1 is 0.745 bits per heavy atom. The number of aromatic nitrogens is 2. The molecule has 1 fully saturated rings. The monoisotopic (exact) mass is 632 g/mol. The molecule has 4 aromatic rings. The Kier molecular flexibility index (Phi) is 9.99. The summed E-state index contributed by atoms with van der Waals surface area (Å²) in [6.07, 6.45) is 9.33. The highest BCUT2D eigenvalue weighted by Crippen LogP contribution is 2.34. The van der Waals surface area contributed by atoms with E-state index in [9.17, 15) is 19.5 Å². The molecular weight excluding hydrogens is 588 g/mol. The van der Waals surface area contributed by atoms with Crippen LogP contribution in [0.1, 0.15) is 65.9 Å². The van der Waals surface area contributed by atoms with E-state index in [4.69, 9.17) is 0 Å². The number of rotatable bonds is 12. The van der Waals surface area contributed by atoms with Gasteiger partial charge < -0.3 is 5.11 Å². The van der Waals surface area contributed by atoms with Crippen LogP contribution in [-0.4, -0.2) is 37.3 Å². The van der Waals surface area contributed by atoms with Crippen molar-refractivity contribution in [1.29, 1.82) is 0 Å². The standard InChI is InChI=1S/C39H44N4O4/c1-6-7-11-18-29(3)40-35(44)33(36(45)41(40)30-19-12-8-13-20-30)27-28(2)25-26-39(4,5)34-37(46)42(31-21-14-9-15-22-31)43(38(34)47)32-23-16-10-17-24-32/h8-10,12-17,19-29,46H,6-7,11,18H2,1-5H3. The van der Waals surface area contributed by atoms with E-state index in [0.717, 1.165) is 25.7 Å². The molecule has 3 aromatic carbocycles. The maximum Gasteiger partial charge on any atom is 0.282 e. The molecule has 1 aromatic heterocycles. The van der Waals surface area contributed by atoms with E-state index in [1.54, 1.807) is 11.1 Å². The lowest BCUT2D eigenvalue weighted by molar-refractivity contribution is -0.127. The number of para-hydroxylation sites is 3. The Morgan fingerprint density at radius 2 is 1.28 bits per heavy atom. The van der Waals surface area contributed by atoms with Crippen molar-refractivity contribution in [3.63, 3.8) is 0 Å². The zero-order valence-electron chi connectivity index (χ0n) is 27.8. The number of carbonyl (C=O) groups is 2. The van der Waals surface area contributed by atoms with Crippen molar-refractivity contribution in [2.45, 2.75) is 71.8 Å². The van der Waals surface area contributed by atoms with Gasteiger partial charge in [0.2, 0.25) is 5.88 Å². The number of anilines is 1. The van der Waals surface area contributed by atoms with Gasteiger partial charge in [0.15, 0.2) is 0 Å². The number of hydrazine groups is 1. The lowest BCUT2D eigenvalue weighted by Crippen LogP contribution is -2.46. The van der Waals surface area contributed by atoms with Crippen LogP contribution in [0.5, 0.6) is 5.88 Å². The first kappa shape index (κ1) is 33.3. The second-order valence-electron chi connectivity index (χ2n) is 12.8. The van der Waals surface area contributed by atoms with Gasteiger partial charge in [0.1, 0.15) is 5.57 Å². The number of hydrogen-bond donors (Lipinski definition) is 1. The molecule has 1 saturated heterocycles. The van der Waals surface area contributed by atoms with Crippen LogP contribution < -0.4 is 10.6 Å². The first-order valence-corrected chi connectivity index (χ1v) is 16.4. The fourth-order valence-electron chi connectivity index (χ4n) is 6.14. The summed E-state index contributed by atoms with van der Waals surface area (Å²) in [5.41, 5.74) is 1.02.